The van der Waals surface area contributed by atoms with E-state index in [2.05, 4.69) is 0 Å². The highest BCUT2D eigenvalue weighted by molar-refractivity contribution is 7.90. The van der Waals surface area contributed by atoms with E-state index in [9.17, 15) is 26.4 Å². The fraction of sp³-hybridized carbons (Fsp3) is 0.417. The van der Waals surface area contributed by atoms with Gasteiger partial charge >= 0.3 is 12.1 Å². The first-order valence-corrected chi connectivity index (χ1v) is 7.48. The molecule has 0 amide bonds. The molecule has 0 unspecified atom stereocenters. The van der Waals surface area contributed by atoms with E-state index in [0.29, 0.717) is 0 Å². The number of alkyl halides is 3. The highest BCUT2D eigenvalue weighted by Gasteiger charge is 2.50. The molecule has 0 radical (unpaired) electrons. The van der Waals surface area contributed by atoms with Gasteiger partial charge in [-0.2, -0.15) is 13.2 Å². The lowest BCUT2D eigenvalue weighted by Gasteiger charge is -2.29. The zero-order chi connectivity index (χ0) is 16.6. The van der Waals surface area contributed by atoms with Gasteiger partial charge in [0.05, 0.1) is 4.90 Å². The SMILES string of the molecule is CC(C)(Oc1ccc(S(C)(=O)=O)cc1C(=O)O)C(F)(F)F. The molecule has 0 heterocycles. The molecule has 0 saturated carbocycles. The van der Waals surface area contributed by atoms with E-state index in [1.165, 1.54) is 0 Å². The molecule has 0 spiro atoms. The predicted octanol–water partition coefficient (Wildman–Crippen LogP) is 2.51. The number of hydrogen-bond acceptors (Lipinski definition) is 4. The number of hydrogen-bond donors (Lipinski definition) is 1. The van der Waals surface area contributed by atoms with Crippen LogP contribution in [0.1, 0.15) is 24.2 Å². The molecular formula is C12H13F3O5S. The minimum atomic E-state index is -4.72. The maximum atomic E-state index is 12.8. The van der Waals surface area contributed by atoms with Crippen LogP contribution in [0.3, 0.4) is 0 Å². The van der Waals surface area contributed by atoms with Crippen molar-refractivity contribution < 1.29 is 36.2 Å². The van der Waals surface area contributed by atoms with Crippen LogP contribution in [0.2, 0.25) is 0 Å². The summed E-state index contributed by atoms with van der Waals surface area (Å²) >= 11 is 0. The Bertz CT molecular complexity index is 662. The quantitative estimate of drug-likeness (QED) is 0.919. The summed E-state index contributed by atoms with van der Waals surface area (Å²) in [5.74, 6) is -2.15. The van der Waals surface area contributed by atoms with E-state index in [0.717, 1.165) is 38.3 Å². The van der Waals surface area contributed by atoms with Gasteiger partial charge in [-0.3, -0.25) is 0 Å². The van der Waals surface area contributed by atoms with Crippen molar-refractivity contribution in [1.29, 1.82) is 0 Å². The fourth-order valence-electron chi connectivity index (χ4n) is 1.33. The number of sulfone groups is 1. The van der Waals surface area contributed by atoms with E-state index >= 15 is 0 Å². The minimum Gasteiger partial charge on any atom is -0.478 e. The van der Waals surface area contributed by atoms with Crippen LogP contribution in [0.5, 0.6) is 5.75 Å². The molecule has 1 aromatic carbocycles. The summed E-state index contributed by atoms with van der Waals surface area (Å²) < 4.78 is 65.7. The van der Waals surface area contributed by atoms with Crippen LogP contribution in [0.15, 0.2) is 23.1 Å². The molecule has 0 aliphatic heterocycles. The summed E-state index contributed by atoms with van der Waals surface area (Å²) in [4.78, 5) is 10.8. The number of aromatic carboxylic acids is 1. The van der Waals surface area contributed by atoms with Crippen molar-refractivity contribution in [2.75, 3.05) is 6.26 Å². The van der Waals surface area contributed by atoms with Gasteiger partial charge in [-0.1, -0.05) is 0 Å². The predicted molar refractivity (Wildman–Crippen MR) is 67.3 cm³/mol. The second-order valence-electron chi connectivity index (χ2n) is 4.85. The Morgan fingerprint density at radius 1 is 1.24 bits per heavy atom. The number of carboxylic acids is 1. The van der Waals surface area contributed by atoms with Crippen LogP contribution in [-0.4, -0.2) is 37.5 Å². The number of halogens is 3. The zero-order valence-electron chi connectivity index (χ0n) is 11.4. The summed E-state index contributed by atoms with van der Waals surface area (Å²) in [5, 5.41) is 9.00. The van der Waals surface area contributed by atoms with Crippen molar-refractivity contribution in [2.24, 2.45) is 0 Å². The molecule has 9 heteroatoms. The van der Waals surface area contributed by atoms with Gasteiger partial charge in [-0.25, -0.2) is 13.2 Å². The molecule has 1 N–H and O–H groups in total. The van der Waals surface area contributed by atoms with Crippen molar-refractivity contribution in [2.45, 2.75) is 30.5 Å². The molecule has 0 atom stereocenters. The summed E-state index contributed by atoms with van der Waals surface area (Å²) in [5.41, 5.74) is -3.28. The number of ether oxygens (including phenoxy) is 1. The van der Waals surface area contributed by atoms with Crippen LogP contribution in [-0.2, 0) is 9.84 Å². The van der Waals surface area contributed by atoms with Crippen LogP contribution >= 0.6 is 0 Å². The number of rotatable bonds is 4. The van der Waals surface area contributed by atoms with Gasteiger partial charge < -0.3 is 9.84 Å². The largest absolute Gasteiger partial charge is 0.478 e. The highest BCUT2D eigenvalue weighted by Crippen LogP contribution is 2.35. The fourth-order valence-corrected chi connectivity index (χ4v) is 1.98. The first-order chi connectivity index (χ1) is 9.25. The third-order valence-corrected chi connectivity index (χ3v) is 3.77. The highest BCUT2D eigenvalue weighted by atomic mass is 32.2. The molecule has 0 fully saturated rings. The Morgan fingerprint density at radius 3 is 2.14 bits per heavy atom. The Kier molecular flexibility index (Phi) is 4.29. The lowest BCUT2D eigenvalue weighted by atomic mass is 10.1. The van der Waals surface area contributed by atoms with Crippen LogP contribution in [0.4, 0.5) is 13.2 Å². The van der Waals surface area contributed by atoms with E-state index in [1.54, 1.807) is 0 Å². The van der Waals surface area contributed by atoms with E-state index in [1.807, 2.05) is 0 Å². The molecule has 0 aliphatic carbocycles. The van der Waals surface area contributed by atoms with Crippen LogP contribution < -0.4 is 4.74 Å². The molecule has 5 nitrogen and oxygen atoms in total. The van der Waals surface area contributed by atoms with Gasteiger partial charge in [0.25, 0.3) is 0 Å². The van der Waals surface area contributed by atoms with Crippen molar-refractivity contribution in [3.8, 4) is 5.75 Å². The van der Waals surface area contributed by atoms with Gasteiger partial charge in [-0.15, -0.1) is 0 Å². The number of benzene rings is 1. The lowest BCUT2D eigenvalue weighted by Crippen LogP contribution is -2.44. The molecule has 0 aliphatic rings. The number of carbonyl (C=O) groups is 1. The molecule has 21 heavy (non-hydrogen) atoms. The topological polar surface area (TPSA) is 80.7 Å². The Hall–Kier alpha value is -1.77. The monoisotopic (exact) mass is 326 g/mol. The second-order valence-corrected chi connectivity index (χ2v) is 6.86. The van der Waals surface area contributed by atoms with Crippen LogP contribution in [0, 0.1) is 0 Å². The second kappa shape index (κ2) is 5.21. The van der Waals surface area contributed by atoms with Crippen LogP contribution in [0.25, 0.3) is 0 Å². The van der Waals surface area contributed by atoms with E-state index in [4.69, 9.17) is 9.84 Å². The molecule has 0 aromatic heterocycles. The maximum absolute atomic E-state index is 12.8. The van der Waals surface area contributed by atoms with Crippen molar-refractivity contribution in [3.63, 3.8) is 0 Å². The third-order valence-electron chi connectivity index (χ3n) is 2.66. The van der Waals surface area contributed by atoms with Crippen molar-refractivity contribution >= 4 is 15.8 Å². The van der Waals surface area contributed by atoms with Gasteiger partial charge in [0, 0.05) is 6.26 Å². The number of carboxylic acid groups (broad SMARTS) is 1. The first-order valence-electron chi connectivity index (χ1n) is 5.59. The maximum Gasteiger partial charge on any atom is 0.427 e. The molecule has 118 valence electrons. The normalized spacial score (nSPS) is 13.0. The van der Waals surface area contributed by atoms with Gasteiger partial charge in [0.15, 0.2) is 15.4 Å². The van der Waals surface area contributed by atoms with Crippen molar-refractivity contribution in [3.05, 3.63) is 23.8 Å². The van der Waals surface area contributed by atoms with E-state index < -0.39 is 38.9 Å². The lowest BCUT2D eigenvalue weighted by molar-refractivity contribution is -0.234. The van der Waals surface area contributed by atoms with E-state index in [-0.39, 0.29) is 4.90 Å². The van der Waals surface area contributed by atoms with Gasteiger partial charge in [-0.05, 0) is 32.0 Å². The summed E-state index contributed by atoms with van der Waals surface area (Å²) in [6.45, 7) is 1.48. The standard InChI is InChI=1S/C12H13F3O5S/c1-11(2,12(13,14)15)20-9-5-4-7(21(3,18)19)6-8(9)10(16)17/h4-6H,1-3H3,(H,16,17). The molecule has 1 rings (SSSR count). The van der Waals surface area contributed by atoms with Gasteiger partial charge in [0.1, 0.15) is 11.3 Å². The first kappa shape index (κ1) is 17.3. The molecule has 1 aromatic rings. The Balaban J connectivity index is 3.36. The third kappa shape index (κ3) is 3.87. The van der Waals surface area contributed by atoms with Crippen molar-refractivity contribution in [1.82, 2.24) is 0 Å². The Labute approximate surface area is 119 Å². The molecular weight excluding hydrogens is 313 g/mol. The summed E-state index contributed by atoms with van der Waals surface area (Å²) in [7, 11) is -3.69. The summed E-state index contributed by atoms with van der Waals surface area (Å²) in [6.07, 6.45) is -3.87. The molecule has 0 bridgehead atoms. The molecule has 0 saturated heterocycles. The van der Waals surface area contributed by atoms with Gasteiger partial charge in [0.2, 0.25) is 0 Å². The summed E-state index contributed by atoms with van der Waals surface area (Å²) in [6, 6.07) is 2.65. The minimum absolute atomic E-state index is 0.322. The smallest absolute Gasteiger partial charge is 0.427 e. The average molecular weight is 326 g/mol. The zero-order valence-corrected chi connectivity index (χ0v) is 12.2. The Morgan fingerprint density at radius 2 is 1.76 bits per heavy atom. The average Bonchev–Trinajstić information content (AvgIpc) is 2.25.